The number of benzene rings is 2. The SMILES string of the molecule is O=C(OC[C@H]1[C@H](COC(=O)c2ccc(S(=O)(=O)N3CCCCCC3)cc2)C1(Cl)Cl)c1ccc(S(=O)(=O)N2CCCCCC2)cc1. The third-order valence-electron chi connectivity index (χ3n) is 8.74. The van der Waals surface area contributed by atoms with Gasteiger partial charge in [0.05, 0.1) is 34.1 Å². The fourth-order valence-electron chi connectivity index (χ4n) is 5.80. The highest BCUT2D eigenvalue weighted by atomic mass is 35.5. The molecule has 14 heteroatoms. The first-order valence-corrected chi connectivity index (χ1v) is 19.0. The Morgan fingerprint density at radius 1 is 0.600 bits per heavy atom. The van der Waals surface area contributed by atoms with E-state index in [1.54, 1.807) is 0 Å². The number of esters is 2. The minimum atomic E-state index is -3.64. The maximum atomic E-state index is 13.0. The van der Waals surface area contributed by atoms with Crippen LogP contribution in [0.25, 0.3) is 0 Å². The first kappa shape index (κ1) is 34.1. The Morgan fingerprint density at radius 3 is 1.22 bits per heavy atom. The highest BCUT2D eigenvalue weighted by molar-refractivity contribution is 7.89. The molecule has 0 amide bonds. The van der Waals surface area contributed by atoms with Crippen LogP contribution in [0.15, 0.2) is 58.3 Å². The van der Waals surface area contributed by atoms with E-state index < -0.39 is 48.2 Å². The van der Waals surface area contributed by atoms with Crippen LogP contribution in [0.3, 0.4) is 0 Å². The second kappa shape index (κ2) is 14.3. The van der Waals surface area contributed by atoms with Gasteiger partial charge < -0.3 is 9.47 Å². The normalized spacial score (nSPS) is 23.0. The van der Waals surface area contributed by atoms with E-state index in [4.69, 9.17) is 32.7 Å². The standard InChI is InChI=1S/C31H38Cl2N2O8S2/c32-31(33)27(21-42-29(36)23-9-13-25(14-10-23)44(38,39)34-17-5-1-2-6-18-34)28(31)22-43-30(37)24-11-15-26(16-12-24)45(40,41)35-19-7-3-4-8-20-35/h9-16,27-28H,1-8,17-22H2/t27-,28-/m0/s1. The zero-order valence-electron chi connectivity index (χ0n) is 24.9. The molecule has 2 aromatic carbocycles. The molecule has 3 fully saturated rings. The molecule has 1 saturated carbocycles. The van der Waals surface area contributed by atoms with Crippen molar-refractivity contribution in [3.05, 3.63) is 59.7 Å². The Hall–Kier alpha value is -2.22. The Kier molecular flexibility index (Phi) is 10.8. The number of sulfonamides is 2. The maximum absolute atomic E-state index is 13.0. The molecule has 246 valence electrons. The molecule has 45 heavy (non-hydrogen) atoms. The predicted octanol–water partition coefficient (Wildman–Crippen LogP) is 5.25. The Labute approximate surface area is 275 Å². The summed E-state index contributed by atoms with van der Waals surface area (Å²) in [6.45, 7) is 1.70. The lowest BCUT2D eigenvalue weighted by Crippen LogP contribution is -2.31. The topological polar surface area (TPSA) is 127 Å². The second-order valence-electron chi connectivity index (χ2n) is 11.8. The number of carbonyl (C=O) groups excluding carboxylic acids is 2. The average molecular weight is 702 g/mol. The van der Waals surface area contributed by atoms with Crippen LogP contribution in [0.1, 0.15) is 72.1 Å². The summed E-state index contributed by atoms with van der Waals surface area (Å²) in [7, 11) is -7.28. The van der Waals surface area contributed by atoms with E-state index >= 15 is 0 Å². The van der Waals surface area contributed by atoms with E-state index in [0.717, 1.165) is 51.4 Å². The van der Waals surface area contributed by atoms with Gasteiger partial charge in [-0.25, -0.2) is 26.4 Å². The molecule has 2 saturated heterocycles. The number of carbonyl (C=O) groups is 2. The van der Waals surface area contributed by atoms with Crippen molar-refractivity contribution in [2.75, 3.05) is 39.4 Å². The van der Waals surface area contributed by atoms with Gasteiger partial charge in [0, 0.05) is 38.0 Å². The van der Waals surface area contributed by atoms with Gasteiger partial charge in [-0.1, -0.05) is 25.7 Å². The van der Waals surface area contributed by atoms with Gasteiger partial charge in [0.1, 0.15) is 4.33 Å². The number of alkyl halides is 2. The Bertz CT molecular complexity index is 1450. The van der Waals surface area contributed by atoms with Gasteiger partial charge in [-0.05, 0) is 74.2 Å². The summed E-state index contributed by atoms with van der Waals surface area (Å²) >= 11 is 12.8. The molecule has 0 bridgehead atoms. The highest BCUT2D eigenvalue weighted by Crippen LogP contribution is 2.59. The fraction of sp³-hybridized carbons (Fsp3) is 0.548. The minimum Gasteiger partial charge on any atom is -0.462 e. The highest BCUT2D eigenvalue weighted by Gasteiger charge is 2.64. The van der Waals surface area contributed by atoms with Gasteiger partial charge in [0.15, 0.2) is 0 Å². The van der Waals surface area contributed by atoms with Gasteiger partial charge in [-0.2, -0.15) is 8.61 Å². The van der Waals surface area contributed by atoms with Gasteiger partial charge in [0.2, 0.25) is 20.0 Å². The molecule has 2 heterocycles. The summed E-state index contributed by atoms with van der Waals surface area (Å²) in [5.41, 5.74) is 0.369. The van der Waals surface area contributed by atoms with Gasteiger partial charge >= 0.3 is 11.9 Å². The van der Waals surface area contributed by atoms with Crippen molar-refractivity contribution in [1.29, 1.82) is 0 Å². The van der Waals surface area contributed by atoms with Crippen molar-refractivity contribution in [2.45, 2.75) is 65.5 Å². The quantitative estimate of drug-likeness (QED) is 0.243. The van der Waals surface area contributed by atoms with Crippen LogP contribution >= 0.6 is 23.2 Å². The van der Waals surface area contributed by atoms with Crippen molar-refractivity contribution in [3.63, 3.8) is 0 Å². The van der Waals surface area contributed by atoms with Crippen molar-refractivity contribution in [1.82, 2.24) is 8.61 Å². The molecule has 0 spiro atoms. The first-order chi connectivity index (χ1) is 21.4. The van der Waals surface area contributed by atoms with E-state index in [-0.39, 0.29) is 34.1 Å². The summed E-state index contributed by atoms with van der Waals surface area (Å²) in [4.78, 5) is 25.6. The van der Waals surface area contributed by atoms with Gasteiger partial charge in [-0.3, -0.25) is 0 Å². The molecular weight excluding hydrogens is 663 g/mol. The summed E-state index contributed by atoms with van der Waals surface area (Å²) in [6.07, 6.45) is 7.33. The van der Waals surface area contributed by atoms with E-state index in [2.05, 4.69) is 0 Å². The number of hydrogen-bond donors (Lipinski definition) is 0. The van der Waals surface area contributed by atoms with Crippen LogP contribution in [-0.2, 0) is 29.5 Å². The van der Waals surface area contributed by atoms with Crippen LogP contribution in [0.4, 0.5) is 0 Å². The lowest BCUT2D eigenvalue weighted by Gasteiger charge is -2.20. The molecule has 0 aromatic heterocycles. The van der Waals surface area contributed by atoms with Crippen LogP contribution in [0, 0.1) is 11.8 Å². The van der Waals surface area contributed by atoms with Crippen molar-refractivity contribution in [3.8, 4) is 0 Å². The lowest BCUT2D eigenvalue weighted by molar-refractivity contribution is 0.0419. The monoisotopic (exact) mass is 700 g/mol. The zero-order chi connectivity index (χ0) is 32.2. The second-order valence-corrected chi connectivity index (χ2v) is 17.1. The van der Waals surface area contributed by atoms with E-state index in [1.165, 1.54) is 57.1 Å². The van der Waals surface area contributed by atoms with Crippen molar-refractivity contribution < 1.29 is 35.9 Å². The number of nitrogens with zero attached hydrogens (tertiary/aromatic N) is 2. The van der Waals surface area contributed by atoms with Crippen LogP contribution in [-0.4, -0.2) is 81.1 Å². The predicted molar refractivity (Wildman–Crippen MR) is 169 cm³/mol. The lowest BCUT2D eigenvalue weighted by atomic mass is 10.2. The maximum Gasteiger partial charge on any atom is 0.338 e. The molecular formula is C31H38Cl2N2O8S2. The third kappa shape index (κ3) is 7.85. The Morgan fingerprint density at radius 2 is 0.911 bits per heavy atom. The molecule has 0 radical (unpaired) electrons. The molecule has 0 N–H and O–H groups in total. The first-order valence-electron chi connectivity index (χ1n) is 15.3. The molecule has 2 aromatic rings. The van der Waals surface area contributed by atoms with Gasteiger partial charge in [-0.15, -0.1) is 23.2 Å². The average Bonchev–Trinajstić information content (AvgIpc) is 3.75. The van der Waals surface area contributed by atoms with E-state index in [1.807, 2.05) is 0 Å². The minimum absolute atomic E-state index is 0.120. The van der Waals surface area contributed by atoms with E-state index in [0.29, 0.717) is 26.2 Å². The number of rotatable bonds is 10. The molecule has 5 rings (SSSR count). The number of halogens is 2. The smallest absolute Gasteiger partial charge is 0.338 e. The summed E-state index contributed by atoms with van der Waals surface area (Å²) < 4.78 is 64.5. The molecule has 1 aliphatic carbocycles. The summed E-state index contributed by atoms with van der Waals surface area (Å²) in [5.74, 6) is -2.28. The van der Waals surface area contributed by atoms with Crippen LogP contribution < -0.4 is 0 Å². The number of hydrogen-bond acceptors (Lipinski definition) is 8. The Balaban J connectivity index is 1.10. The van der Waals surface area contributed by atoms with Crippen LogP contribution in [0.5, 0.6) is 0 Å². The van der Waals surface area contributed by atoms with E-state index in [9.17, 15) is 26.4 Å². The zero-order valence-corrected chi connectivity index (χ0v) is 28.1. The largest absolute Gasteiger partial charge is 0.462 e. The molecule has 2 atom stereocenters. The molecule has 0 unspecified atom stereocenters. The summed E-state index contributed by atoms with van der Waals surface area (Å²) in [5, 5.41) is 0. The van der Waals surface area contributed by atoms with Gasteiger partial charge in [0.25, 0.3) is 0 Å². The molecule has 10 nitrogen and oxygen atoms in total. The third-order valence-corrected chi connectivity index (χ3v) is 13.7. The van der Waals surface area contributed by atoms with Crippen molar-refractivity contribution >= 4 is 55.2 Å². The van der Waals surface area contributed by atoms with Crippen LogP contribution in [0.2, 0.25) is 0 Å². The molecule has 3 aliphatic rings. The summed E-state index contributed by atoms with van der Waals surface area (Å²) in [6, 6.07) is 11.3. The fourth-order valence-corrected chi connectivity index (χ4v) is 9.57. The number of ether oxygens (including phenoxy) is 2. The van der Waals surface area contributed by atoms with Crippen molar-refractivity contribution in [2.24, 2.45) is 11.8 Å². The molecule has 2 aliphatic heterocycles.